The number of aromatic nitrogens is 2. The molecule has 1 saturated heterocycles. The van der Waals surface area contributed by atoms with Crippen molar-refractivity contribution < 1.29 is 0 Å². The maximum absolute atomic E-state index is 5.58. The second kappa shape index (κ2) is 7.15. The van der Waals surface area contributed by atoms with Crippen LogP contribution in [0.1, 0.15) is 19.3 Å². The second-order valence-electron chi connectivity index (χ2n) is 5.51. The Hall–Kier alpha value is -1.24. The molecule has 1 aliphatic heterocycles. The molecule has 0 unspecified atom stereocenters. The summed E-state index contributed by atoms with van der Waals surface area (Å²) in [4.78, 5) is 14.9. The van der Waals surface area contributed by atoms with E-state index in [1.807, 2.05) is 0 Å². The molecule has 0 aliphatic carbocycles. The van der Waals surface area contributed by atoms with E-state index in [0.29, 0.717) is 0 Å². The lowest BCUT2D eigenvalue weighted by atomic mass is 10.3. The lowest BCUT2D eigenvalue weighted by molar-refractivity contribution is 0.288. The summed E-state index contributed by atoms with van der Waals surface area (Å²) in [6, 6.07) is 2.14. The maximum Gasteiger partial charge on any atom is 0.140 e. The molecule has 0 amide bonds. The third-order valence-corrected chi connectivity index (χ3v) is 4.88. The van der Waals surface area contributed by atoms with Crippen LogP contribution in [0.5, 0.6) is 0 Å². The van der Waals surface area contributed by atoms with Crippen molar-refractivity contribution >= 4 is 27.4 Å². The predicted octanol–water partition coefficient (Wildman–Crippen LogP) is 1.94. The van der Waals surface area contributed by atoms with Crippen molar-refractivity contribution in [1.82, 2.24) is 14.9 Å². The molecule has 0 aromatic carbocycles. The highest BCUT2D eigenvalue weighted by Crippen LogP contribution is 2.27. The summed E-state index contributed by atoms with van der Waals surface area (Å²) in [5.41, 5.74) is 5.58. The van der Waals surface area contributed by atoms with Crippen molar-refractivity contribution in [3.8, 4) is 0 Å². The number of rotatable bonds is 5. The molecule has 2 N–H and O–H groups in total. The highest BCUT2D eigenvalue weighted by molar-refractivity contribution is 7.16. The quantitative estimate of drug-likeness (QED) is 0.856. The van der Waals surface area contributed by atoms with E-state index in [-0.39, 0.29) is 0 Å². The summed E-state index contributed by atoms with van der Waals surface area (Å²) in [7, 11) is 0. The fourth-order valence-electron chi connectivity index (χ4n) is 2.92. The molecule has 2 aromatic rings. The average Bonchev–Trinajstić information content (AvgIpc) is 2.87. The molecule has 5 nitrogen and oxygen atoms in total. The molecule has 6 heteroatoms. The van der Waals surface area contributed by atoms with Gasteiger partial charge in [0.2, 0.25) is 0 Å². The fourth-order valence-corrected chi connectivity index (χ4v) is 3.64. The van der Waals surface area contributed by atoms with Crippen molar-refractivity contribution in [1.29, 1.82) is 0 Å². The van der Waals surface area contributed by atoms with Crippen LogP contribution in [0, 0.1) is 0 Å². The molecule has 0 bridgehead atoms. The molecule has 21 heavy (non-hydrogen) atoms. The number of hydrogen-bond acceptors (Lipinski definition) is 6. The number of fused-ring (bicyclic) bond motifs is 1. The fraction of sp³-hybridized carbons (Fsp3) is 0.600. The van der Waals surface area contributed by atoms with Gasteiger partial charge in [-0.3, -0.25) is 0 Å². The molecule has 114 valence electrons. The standard InChI is InChI=1S/C15H23N5S/c16-5-1-2-6-19-7-3-8-20(10-9-19)14-13-4-11-21-15(13)18-12-17-14/h4,11-12H,1-3,5-10,16H2. The Balaban J connectivity index is 1.66. The van der Waals surface area contributed by atoms with E-state index in [0.717, 1.165) is 43.2 Å². The number of thiophene rings is 1. The van der Waals surface area contributed by atoms with Crippen molar-refractivity contribution in [2.75, 3.05) is 44.2 Å². The number of unbranched alkanes of at least 4 members (excludes halogenated alkanes) is 1. The van der Waals surface area contributed by atoms with Gasteiger partial charge in [-0.05, 0) is 50.3 Å². The van der Waals surface area contributed by atoms with Crippen molar-refractivity contribution in [2.45, 2.75) is 19.3 Å². The highest BCUT2D eigenvalue weighted by atomic mass is 32.1. The van der Waals surface area contributed by atoms with Crippen LogP contribution >= 0.6 is 11.3 Å². The topological polar surface area (TPSA) is 58.3 Å². The first-order valence-corrected chi connectivity index (χ1v) is 8.62. The zero-order chi connectivity index (χ0) is 14.5. The summed E-state index contributed by atoms with van der Waals surface area (Å²) < 4.78 is 0. The van der Waals surface area contributed by atoms with E-state index in [1.54, 1.807) is 17.7 Å². The van der Waals surface area contributed by atoms with Crippen molar-refractivity contribution in [3.63, 3.8) is 0 Å². The van der Waals surface area contributed by atoms with E-state index in [2.05, 4.69) is 31.2 Å². The van der Waals surface area contributed by atoms with E-state index >= 15 is 0 Å². The average molecular weight is 305 g/mol. The predicted molar refractivity (Wildman–Crippen MR) is 89.0 cm³/mol. The minimum absolute atomic E-state index is 0.803. The van der Waals surface area contributed by atoms with Gasteiger partial charge in [0.25, 0.3) is 0 Å². The Morgan fingerprint density at radius 1 is 1.14 bits per heavy atom. The van der Waals surface area contributed by atoms with E-state index in [1.165, 1.54) is 31.3 Å². The molecule has 2 aromatic heterocycles. The lowest BCUT2D eigenvalue weighted by Gasteiger charge is -2.23. The number of nitrogens with zero attached hydrogens (tertiary/aromatic N) is 4. The van der Waals surface area contributed by atoms with Crippen LogP contribution in [0.4, 0.5) is 5.82 Å². The Kier molecular flexibility index (Phi) is 5.00. The first-order valence-electron chi connectivity index (χ1n) is 7.74. The first kappa shape index (κ1) is 14.7. The van der Waals surface area contributed by atoms with Crippen LogP contribution in [0.2, 0.25) is 0 Å². The molecule has 1 aliphatic rings. The monoisotopic (exact) mass is 305 g/mol. The second-order valence-corrected chi connectivity index (χ2v) is 6.41. The van der Waals surface area contributed by atoms with Gasteiger partial charge >= 0.3 is 0 Å². The van der Waals surface area contributed by atoms with Crippen LogP contribution in [0.15, 0.2) is 17.8 Å². The molecule has 3 rings (SSSR count). The van der Waals surface area contributed by atoms with Crippen LogP contribution in [-0.4, -0.2) is 54.1 Å². The number of nitrogens with two attached hydrogens (primary N) is 1. The molecule has 0 atom stereocenters. The minimum Gasteiger partial charge on any atom is -0.355 e. The van der Waals surface area contributed by atoms with Crippen molar-refractivity contribution in [2.24, 2.45) is 5.73 Å². The summed E-state index contributed by atoms with van der Waals surface area (Å²) >= 11 is 1.68. The normalized spacial score (nSPS) is 17.3. The lowest BCUT2D eigenvalue weighted by Crippen LogP contribution is -2.32. The van der Waals surface area contributed by atoms with Gasteiger partial charge in [0.1, 0.15) is 17.0 Å². The van der Waals surface area contributed by atoms with Gasteiger partial charge < -0.3 is 15.5 Å². The summed E-state index contributed by atoms with van der Waals surface area (Å²) in [6.07, 6.45) is 5.22. The van der Waals surface area contributed by atoms with Gasteiger partial charge in [-0.15, -0.1) is 11.3 Å². The third kappa shape index (κ3) is 3.51. The molecular weight excluding hydrogens is 282 g/mol. The van der Waals surface area contributed by atoms with Gasteiger partial charge in [0.15, 0.2) is 0 Å². The highest BCUT2D eigenvalue weighted by Gasteiger charge is 2.18. The molecule has 0 radical (unpaired) electrons. The SMILES string of the molecule is NCCCCN1CCCN(c2ncnc3sccc23)CC1. The Morgan fingerprint density at radius 3 is 3.00 bits per heavy atom. The van der Waals surface area contributed by atoms with Crippen LogP contribution in [0.3, 0.4) is 0 Å². The van der Waals surface area contributed by atoms with Gasteiger partial charge in [0.05, 0.1) is 5.39 Å². The largest absolute Gasteiger partial charge is 0.355 e. The third-order valence-electron chi connectivity index (χ3n) is 4.06. The van der Waals surface area contributed by atoms with Gasteiger partial charge in [-0.1, -0.05) is 0 Å². The van der Waals surface area contributed by atoms with Crippen LogP contribution < -0.4 is 10.6 Å². The van der Waals surface area contributed by atoms with Gasteiger partial charge in [0, 0.05) is 19.6 Å². The molecular formula is C15H23N5S. The van der Waals surface area contributed by atoms with E-state index in [4.69, 9.17) is 5.73 Å². The van der Waals surface area contributed by atoms with Crippen molar-refractivity contribution in [3.05, 3.63) is 17.8 Å². The van der Waals surface area contributed by atoms with Gasteiger partial charge in [-0.25, -0.2) is 9.97 Å². The maximum atomic E-state index is 5.58. The van der Waals surface area contributed by atoms with Crippen LogP contribution in [-0.2, 0) is 0 Å². The van der Waals surface area contributed by atoms with Crippen LogP contribution in [0.25, 0.3) is 10.2 Å². The smallest absolute Gasteiger partial charge is 0.140 e. The summed E-state index contributed by atoms with van der Waals surface area (Å²) in [5.74, 6) is 1.10. The minimum atomic E-state index is 0.803. The van der Waals surface area contributed by atoms with Gasteiger partial charge in [-0.2, -0.15) is 0 Å². The zero-order valence-corrected chi connectivity index (χ0v) is 13.2. The van der Waals surface area contributed by atoms with E-state index < -0.39 is 0 Å². The Bertz CT molecular complexity index is 570. The zero-order valence-electron chi connectivity index (χ0n) is 12.4. The molecule has 1 fully saturated rings. The summed E-state index contributed by atoms with van der Waals surface area (Å²) in [6.45, 7) is 6.39. The Labute approximate surface area is 129 Å². The number of hydrogen-bond donors (Lipinski definition) is 1. The first-order chi connectivity index (χ1) is 10.4. The molecule has 3 heterocycles. The molecule has 0 saturated carbocycles. The Morgan fingerprint density at radius 2 is 2.10 bits per heavy atom. The summed E-state index contributed by atoms with van der Waals surface area (Å²) in [5, 5.41) is 3.29. The van der Waals surface area contributed by atoms with E-state index in [9.17, 15) is 0 Å². The number of anilines is 1. The molecule has 0 spiro atoms.